The van der Waals surface area contributed by atoms with E-state index in [1.54, 1.807) is 30.3 Å². The molecule has 1 aliphatic heterocycles. The number of carbonyl (C=O) groups excluding carboxylic acids is 2. The number of benzene rings is 2. The van der Waals surface area contributed by atoms with Crippen LogP contribution in [0.25, 0.3) is 11.3 Å². The normalized spacial score (nSPS) is 17.1. The molecule has 7 nitrogen and oxygen atoms in total. The van der Waals surface area contributed by atoms with Crippen LogP contribution in [-0.4, -0.2) is 39.9 Å². The topological polar surface area (TPSA) is 87.3 Å². The smallest absolute Gasteiger partial charge is 0.416 e. The molecule has 2 amide bonds. The molecule has 1 aromatic heterocycles. The second-order valence-corrected chi connectivity index (χ2v) is 9.04. The maximum absolute atomic E-state index is 13.0. The summed E-state index contributed by atoms with van der Waals surface area (Å²) in [6, 6.07) is 16.8. The maximum Gasteiger partial charge on any atom is 0.416 e. The fraction of sp³-hybridized carbons (Fsp3) is 0.154. The number of alkyl halides is 3. The van der Waals surface area contributed by atoms with Gasteiger partial charge in [0.2, 0.25) is 11.8 Å². The molecule has 4 rings (SSSR count). The monoisotopic (exact) mass is 526 g/mol. The number of hydrogen-bond acceptors (Lipinski definition) is 6. The molecule has 0 saturated carbocycles. The Morgan fingerprint density at radius 2 is 1.92 bits per heavy atom. The Bertz CT molecular complexity index is 1350. The zero-order valence-corrected chi connectivity index (χ0v) is 20.1. The summed E-state index contributed by atoms with van der Waals surface area (Å²) < 4.78 is 44.5. The van der Waals surface area contributed by atoms with Crippen LogP contribution in [0.5, 0.6) is 0 Å². The molecule has 2 aromatic carbocycles. The molecule has 0 radical (unpaired) electrons. The van der Waals surface area contributed by atoms with Gasteiger partial charge in [0.1, 0.15) is 16.8 Å². The number of thioether (sulfide) groups is 1. The highest BCUT2D eigenvalue weighted by molar-refractivity contribution is 8.15. The van der Waals surface area contributed by atoms with E-state index in [0.29, 0.717) is 10.9 Å². The van der Waals surface area contributed by atoms with Crippen LogP contribution in [0.2, 0.25) is 0 Å². The molecule has 0 aliphatic carbocycles. The number of amides is 2. The first-order valence-corrected chi connectivity index (χ1v) is 11.9. The number of nitrogens with zero attached hydrogens (tertiary/aromatic N) is 3. The summed E-state index contributed by atoms with van der Waals surface area (Å²) in [7, 11) is 0. The zero-order chi connectivity index (χ0) is 26.4. The van der Waals surface area contributed by atoms with Crippen molar-refractivity contribution in [2.75, 3.05) is 11.9 Å². The van der Waals surface area contributed by atoms with E-state index in [2.05, 4.69) is 22.1 Å². The van der Waals surface area contributed by atoms with Crippen molar-refractivity contribution >= 4 is 40.6 Å². The van der Waals surface area contributed by atoms with Crippen LogP contribution in [0.3, 0.4) is 0 Å². The maximum atomic E-state index is 13.0. The van der Waals surface area contributed by atoms with Gasteiger partial charge in [-0.05, 0) is 36.4 Å². The van der Waals surface area contributed by atoms with E-state index in [0.717, 1.165) is 23.9 Å². The van der Waals surface area contributed by atoms with Crippen LogP contribution in [0.1, 0.15) is 17.7 Å². The van der Waals surface area contributed by atoms with Crippen molar-refractivity contribution < 1.29 is 27.2 Å². The lowest BCUT2D eigenvalue weighted by atomic mass is 10.1. The van der Waals surface area contributed by atoms with Crippen molar-refractivity contribution in [3.63, 3.8) is 0 Å². The number of furan rings is 1. The van der Waals surface area contributed by atoms with Crippen molar-refractivity contribution in [2.24, 2.45) is 10.2 Å². The first-order chi connectivity index (χ1) is 17.7. The van der Waals surface area contributed by atoms with Crippen molar-refractivity contribution in [1.82, 2.24) is 4.90 Å². The Labute approximate surface area is 214 Å². The Morgan fingerprint density at radius 1 is 1.14 bits per heavy atom. The van der Waals surface area contributed by atoms with E-state index in [4.69, 9.17) is 4.42 Å². The van der Waals surface area contributed by atoms with Gasteiger partial charge in [0, 0.05) is 24.2 Å². The lowest BCUT2D eigenvalue weighted by molar-refractivity contribution is -0.137. The highest BCUT2D eigenvalue weighted by atomic mass is 32.2. The summed E-state index contributed by atoms with van der Waals surface area (Å²) in [4.78, 5) is 26.6. The van der Waals surface area contributed by atoms with E-state index < -0.39 is 17.0 Å². The lowest BCUT2D eigenvalue weighted by Crippen LogP contribution is -2.33. The molecule has 190 valence electrons. The molecule has 11 heteroatoms. The molecule has 1 fully saturated rings. The van der Waals surface area contributed by atoms with Crippen molar-refractivity contribution in [2.45, 2.75) is 17.8 Å². The first kappa shape index (κ1) is 26.0. The Kier molecular flexibility index (Phi) is 7.92. The van der Waals surface area contributed by atoms with Gasteiger partial charge < -0.3 is 9.73 Å². The fourth-order valence-electron chi connectivity index (χ4n) is 3.48. The SMILES string of the molecule is C=CCN1C(=O)C(CC(=O)Nc2ccccc2)S/C1=N\N=C\c1ccc(-c2cccc(C(F)(F)F)c2)o1. The third kappa shape index (κ3) is 6.56. The molecule has 1 atom stereocenters. The number of carbonyl (C=O) groups is 2. The Balaban J connectivity index is 1.44. The van der Waals surface area contributed by atoms with Crippen LogP contribution in [0.15, 0.2) is 94.0 Å². The molecule has 2 heterocycles. The minimum absolute atomic E-state index is 0.0483. The number of rotatable bonds is 8. The van der Waals surface area contributed by atoms with Crippen LogP contribution in [-0.2, 0) is 15.8 Å². The van der Waals surface area contributed by atoms with E-state index in [-0.39, 0.29) is 41.9 Å². The van der Waals surface area contributed by atoms with Gasteiger partial charge in [0.15, 0.2) is 5.17 Å². The number of hydrogen-bond donors (Lipinski definition) is 1. The second kappa shape index (κ2) is 11.3. The summed E-state index contributed by atoms with van der Waals surface area (Å²) in [5.74, 6) is -0.0894. The summed E-state index contributed by atoms with van der Waals surface area (Å²) in [5.41, 5.74) is 0.124. The minimum Gasteiger partial charge on any atom is -0.455 e. The molecule has 0 spiro atoms. The minimum atomic E-state index is -4.46. The standard InChI is InChI=1S/C26H21F3N4O3S/c1-2-13-33-24(35)22(15-23(34)31-19-9-4-3-5-10-19)37-25(33)32-30-16-20-11-12-21(36-20)17-7-6-8-18(14-17)26(27,28)29/h2-12,14,16,22H,1,13,15H2,(H,31,34)/b30-16+,32-25-. The highest BCUT2D eigenvalue weighted by Crippen LogP contribution is 2.33. The molecule has 0 bridgehead atoms. The molecule has 1 N–H and O–H groups in total. The van der Waals surface area contributed by atoms with Gasteiger partial charge in [-0.15, -0.1) is 11.7 Å². The van der Waals surface area contributed by atoms with Crippen LogP contribution in [0.4, 0.5) is 18.9 Å². The summed E-state index contributed by atoms with van der Waals surface area (Å²) >= 11 is 1.11. The molecular formula is C26H21F3N4O3S. The van der Waals surface area contributed by atoms with E-state index in [1.807, 2.05) is 6.07 Å². The van der Waals surface area contributed by atoms with Gasteiger partial charge in [-0.3, -0.25) is 14.5 Å². The van der Waals surface area contributed by atoms with Gasteiger partial charge in [0.25, 0.3) is 0 Å². The van der Waals surface area contributed by atoms with Gasteiger partial charge in [-0.1, -0.05) is 48.2 Å². The number of halogens is 3. The van der Waals surface area contributed by atoms with Crippen LogP contribution in [0, 0.1) is 0 Å². The average Bonchev–Trinajstić information content (AvgIpc) is 3.45. The van der Waals surface area contributed by atoms with Crippen molar-refractivity contribution in [3.05, 3.63) is 90.7 Å². The summed E-state index contributed by atoms with van der Waals surface area (Å²) in [5, 5.41) is 10.5. The molecule has 3 aromatic rings. The van der Waals surface area contributed by atoms with Crippen molar-refractivity contribution in [1.29, 1.82) is 0 Å². The quantitative estimate of drug-likeness (QED) is 0.228. The van der Waals surface area contributed by atoms with E-state index in [9.17, 15) is 22.8 Å². The van der Waals surface area contributed by atoms with Gasteiger partial charge in [-0.25, -0.2) is 0 Å². The van der Waals surface area contributed by atoms with E-state index >= 15 is 0 Å². The third-order valence-corrected chi connectivity index (χ3v) is 6.36. The van der Waals surface area contributed by atoms with Gasteiger partial charge in [-0.2, -0.15) is 18.3 Å². The number of amidine groups is 1. The number of nitrogens with one attached hydrogen (secondary N) is 1. The number of anilines is 1. The molecule has 37 heavy (non-hydrogen) atoms. The fourth-order valence-corrected chi connectivity index (χ4v) is 4.58. The highest BCUT2D eigenvalue weighted by Gasteiger charge is 2.38. The first-order valence-electron chi connectivity index (χ1n) is 11.1. The largest absolute Gasteiger partial charge is 0.455 e. The van der Waals surface area contributed by atoms with Crippen molar-refractivity contribution in [3.8, 4) is 11.3 Å². The van der Waals surface area contributed by atoms with Gasteiger partial charge in [0.05, 0.1) is 11.8 Å². The Hall–Kier alpha value is -4.12. The third-order valence-electron chi connectivity index (χ3n) is 5.19. The summed E-state index contributed by atoms with van der Waals surface area (Å²) in [6.45, 7) is 3.85. The molecule has 1 aliphatic rings. The predicted molar refractivity (Wildman–Crippen MR) is 137 cm³/mol. The molecular weight excluding hydrogens is 505 g/mol. The zero-order valence-electron chi connectivity index (χ0n) is 19.3. The summed E-state index contributed by atoms with van der Waals surface area (Å²) in [6.07, 6.45) is -1.68. The number of para-hydroxylation sites is 1. The Morgan fingerprint density at radius 3 is 2.65 bits per heavy atom. The van der Waals surface area contributed by atoms with E-state index in [1.165, 1.54) is 35.4 Å². The van der Waals surface area contributed by atoms with Crippen LogP contribution >= 0.6 is 11.8 Å². The lowest BCUT2D eigenvalue weighted by Gasteiger charge is -2.12. The van der Waals surface area contributed by atoms with Gasteiger partial charge >= 0.3 is 6.18 Å². The molecule has 1 saturated heterocycles. The second-order valence-electron chi connectivity index (χ2n) is 7.87. The predicted octanol–water partition coefficient (Wildman–Crippen LogP) is 5.81. The van der Waals surface area contributed by atoms with Crippen LogP contribution < -0.4 is 5.32 Å². The average molecular weight is 527 g/mol. The molecule has 1 unspecified atom stereocenters.